The van der Waals surface area contributed by atoms with Gasteiger partial charge in [-0.25, -0.2) is 9.98 Å². The van der Waals surface area contributed by atoms with Crippen LogP contribution in [-0.2, 0) is 0 Å². The first kappa shape index (κ1) is 10.7. The summed E-state index contributed by atoms with van der Waals surface area (Å²) in [4.78, 5) is 11.9. The van der Waals surface area contributed by atoms with Crippen molar-refractivity contribution in [2.75, 3.05) is 0 Å². The van der Waals surface area contributed by atoms with Crippen LogP contribution >= 0.6 is 0 Å². The van der Waals surface area contributed by atoms with Gasteiger partial charge in [-0.1, -0.05) is 42.0 Å². The summed E-state index contributed by atoms with van der Waals surface area (Å²) in [6.07, 6.45) is 1.82. The van der Waals surface area contributed by atoms with Crippen molar-refractivity contribution in [2.24, 2.45) is 4.99 Å². The van der Waals surface area contributed by atoms with Crippen LogP contribution in [0, 0.1) is 6.92 Å². The fraction of sp³-hybridized carbons (Fsp3) is 0.0667. The Balaban J connectivity index is 1.89. The third-order valence-corrected chi connectivity index (χ3v) is 2.79. The van der Waals surface area contributed by atoms with Gasteiger partial charge in [-0.05, 0) is 24.6 Å². The van der Waals surface area contributed by atoms with Crippen LogP contribution in [0.2, 0.25) is 0 Å². The summed E-state index contributed by atoms with van der Waals surface area (Å²) < 4.78 is 0. The van der Waals surface area contributed by atoms with Gasteiger partial charge < -0.3 is 4.98 Å². The third-order valence-electron chi connectivity index (χ3n) is 2.79. The highest BCUT2D eigenvalue weighted by Gasteiger charge is 1.98. The number of aliphatic imine (C=N–C) groups is 1. The number of H-pyrrole nitrogens is 1. The highest BCUT2D eigenvalue weighted by atomic mass is 15.1. The van der Waals surface area contributed by atoms with E-state index in [2.05, 4.69) is 34.0 Å². The minimum absolute atomic E-state index is 0.636. The summed E-state index contributed by atoms with van der Waals surface area (Å²) >= 11 is 0. The average molecular weight is 235 g/mol. The molecule has 0 bridgehead atoms. The van der Waals surface area contributed by atoms with E-state index in [1.54, 1.807) is 0 Å². The molecule has 0 saturated heterocycles. The number of nitrogens with zero attached hydrogens (tertiary/aromatic N) is 2. The maximum atomic E-state index is 4.39. The molecule has 1 heterocycles. The molecule has 0 aliphatic rings. The van der Waals surface area contributed by atoms with Gasteiger partial charge in [0.1, 0.15) is 0 Å². The van der Waals surface area contributed by atoms with Gasteiger partial charge in [0.25, 0.3) is 0 Å². The number of hydrogen-bond acceptors (Lipinski definition) is 2. The zero-order valence-electron chi connectivity index (χ0n) is 10.1. The number of aromatic amines is 1. The molecule has 3 nitrogen and oxygen atoms in total. The number of aryl methyl sites for hydroxylation is 1. The second kappa shape index (κ2) is 4.45. The van der Waals surface area contributed by atoms with Gasteiger partial charge in [0.15, 0.2) is 0 Å². The largest absolute Gasteiger partial charge is 0.322 e. The Bertz CT molecular complexity index is 660. The van der Waals surface area contributed by atoms with Crippen LogP contribution in [-0.4, -0.2) is 16.2 Å². The lowest BCUT2D eigenvalue weighted by molar-refractivity contribution is 1.27. The summed E-state index contributed by atoms with van der Waals surface area (Å²) in [5.74, 6) is 0.636. The number of para-hydroxylation sites is 2. The molecule has 1 aromatic heterocycles. The van der Waals surface area contributed by atoms with E-state index in [1.165, 1.54) is 5.56 Å². The molecule has 1 N–H and O–H groups in total. The first-order chi connectivity index (χ1) is 8.81. The lowest BCUT2D eigenvalue weighted by atomic mass is 10.2. The van der Waals surface area contributed by atoms with E-state index in [9.17, 15) is 0 Å². The second-order valence-electron chi connectivity index (χ2n) is 4.25. The molecule has 0 atom stereocenters. The highest BCUT2D eigenvalue weighted by Crippen LogP contribution is 2.15. The van der Waals surface area contributed by atoms with E-state index in [4.69, 9.17) is 0 Å². The first-order valence-electron chi connectivity index (χ1n) is 5.87. The zero-order valence-corrected chi connectivity index (χ0v) is 10.1. The van der Waals surface area contributed by atoms with Crippen LogP contribution in [0.3, 0.4) is 0 Å². The van der Waals surface area contributed by atoms with Crippen molar-refractivity contribution in [3.8, 4) is 0 Å². The highest BCUT2D eigenvalue weighted by molar-refractivity contribution is 5.83. The summed E-state index contributed by atoms with van der Waals surface area (Å²) in [6, 6.07) is 16.1. The zero-order chi connectivity index (χ0) is 12.4. The maximum Gasteiger partial charge on any atom is 0.227 e. The van der Waals surface area contributed by atoms with Gasteiger partial charge in [0.05, 0.1) is 11.0 Å². The standard InChI is InChI=1S/C15H13N3/c1-11-6-8-12(9-7-11)10-16-15-17-13-4-2-3-5-14(13)18-15/h2-10H,1H3,(H,17,18). The third kappa shape index (κ3) is 2.15. The number of fused-ring (bicyclic) bond motifs is 1. The molecule has 0 unspecified atom stereocenters. The molecular formula is C15H13N3. The maximum absolute atomic E-state index is 4.39. The molecule has 88 valence electrons. The van der Waals surface area contributed by atoms with E-state index in [1.807, 2.05) is 42.6 Å². The lowest BCUT2D eigenvalue weighted by Gasteiger charge is -1.93. The number of benzene rings is 2. The Morgan fingerprint density at radius 3 is 2.61 bits per heavy atom. The monoisotopic (exact) mass is 235 g/mol. The lowest BCUT2D eigenvalue weighted by Crippen LogP contribution is -1.80. The van der Waals surface area contributed by atoms with Crippen molar-refractivity contribution in [3.63, 3.8) is 0 Å². The summed E-state index contributed by atoms with van der Waals surface area (Å²) in [7, 11) is 0. The van der Waals surface area contributed by atoms with E-state index < -0.39 is 0 Å². The van der Waals surface area contributed by atoms with Crippen LogP contribution in [0.25, 0.3) is 11.0 Å². The fourth-order valence-corrected chi connectivity index (χ4v) is 1.79. The molecule has 2 aromatic carbocycles. The van der Waals surface area contributed by atoms with Crippen molar-refractivity contribution in [1.82, 2.24) is 9.97 Å². The first-order valence-corrected chi connectivity index (χ1v) is 5.87. The normalized spacial score (nSPS) is 11.4. The number of aromatic nitrogens is 2. The van der Waals surface area contributed by atoms with Crippen molar-refractivity contribution in [1.29, 1.82) is 0 Å². The van der Waals surface area contributed by atoms with E-state index in [0.29, 0.717) is 5.95 Å². The molecule has 0 radical (unpaired) electrons. The second-order valence-corrected chi connectivity index (χ2v) is 4.25. The van der Waals surface area contributed by atoms with Crippen molar-refractivity contribution < 1.29 is 0 Å². The van der Waals surface area contributed by atoms with Gasteiger partial charge in [-0.15, -0.1) is 0 Å². The number of imidazole rings is 1. The topological polar surface area (TPSA) is 41.0 Å². The average Bonchev–Trinajstić information content (AvgIpc) is 2.81. The van der Waals surface area contributed by atoms with Crippen LogP contribution in [0.4, 0.5) is 5.95 Å². The van der Waals surface area contributed by atoms with Gasteiger partial charge in [0, 0.05) is 6.21 Å². The Morgan fingerprint density at radius 1 is 1.06 bits per heavy atom. The predicted molar refractivity (Wildman–Crippen MR) is 74.5 cm³/mol. The molecule has 3 aromatic rings. The van der Waals surface area contributed by atoms with Gasteiger partial charge in [0.2, 0.25) is 5.95 Å². The molecule has 0 amide bonds. The van der Waals surface area contributed by atoms with Gasteiger partial charge in [-0.2, -0.15) is 0 Å². The van der Waals surface area contributed by atoms with Crippen molar-refractivity contribution in [3.05, 3.63) is 59.7 Å². The molecule has 0 fully saturated rings. The van der Waals surface area contributed by atoms with Gasteiger partial charge >= 0.3 is 0 Å². The number of hydrogen-bond donors (Lipinski definition) is 1. The fourth-order valence-electron chi connectivity index (χ4n) is 1.79. The molecule has 18 heavy (non-hydrogen) atoms. The summed E-state index contributed by atoms with van der Waals surface area (Å²) in [5, 5.41) is 0. The smallest absolute Gasteiger partial charge is 0.227 e. The molecular weight excluding hydrogens is 222 g/mol. The Kier molecular flexibility index (Phi) is 2.65. The van der Waals surface area contributed by atoms with E-state index >= 15 is 0 Å². The predicted octanol–water partition coefficient (Wildman–Crippen LogP) is 3.62. The van der Waals surface area contributed by atoms with Crippen LogP contribution < -0.4 is 0 Å². The minimum atomic E-state index is 0.636. The van der Waals surface area contributed by atoms with Crippen LogP contribution in [0.15, 0.2) is 53.5 Å². The quantitative estimate of drug-likeness (QED) is 0.677. The molecule has 0 saturated carbocycles. The number of rotatable bonds is 2. The molecule has 0 spiro atoms. The molecule has 3 heteroatoms. The summed E-state index contributed by atoms with van der Waals surface area (Å²) in [6.45, 7) is 2.07. The molecule has 3 rings (SSSR count). The van der Waals surface area contributed by atoms with E-state index in [0.717, 1.165) is 16.6 Å². The van der Waals surface area contributed by atoms with Gasteiger partial charge in [-0.3, -0.25) is 0 Å². The SMILES string of the molecule is Cc1ccc(C=Nc2nc3ccccc3[nH]2)cc1. The van der Waals surface area contributed by atoms with Crippen LogP contribution in [0.1, 0.15) is 11.1 Å². The Morgan fingerprint density at radius 2 is 1.83 bits per heavy atom. The molecule has 0 aliphatic carbocycles. The van der Waals surface area contributed by atoms with Crippen molar-refractivity contribution >= 4 is 23.2 Å². The van der Waals surface area contributed by atoms with Crippen LogP contribution in [0.5, 0.6) is 0 Å². The molecule has 0 aliphatic heterocycles. The van der Waals surface area contributed by atoms with Crippen molar-refractivity contribution in [2.45, 2.75) is 6.92 Å². The number of nitrogens with one attached hydrogen (secondary N) is 1. The Hall–Kier alpha value is -2.42. The minimum Gasteiger partial charge on any atom is -0.322 e. The summed E-state index contributed by atoms with van der Waals surface area (Å²) in [5.41, 5.74) is 4.26. The Labute approximate surface area is 105 Å². The van der Waals surface area contributed by atoms with E-state index in [-0.39, 0.29) is 0 Å².